The molecule has 15 heavy (non-hydrogen) atoms. The summed E-state index contributed by atoms with van der Waals surface area (Å²) in [5.74, 6) is 0. The van der Waals surface area contributed by atoms with Crippen LogP contribution in [0.4, 0.5) is 0 Å². The van der Waals surface area contributed by atoms with Gasteiger partial charge in [-0.15, -0.1) is 0 Å². The van der Waals surface area contributed by atoms with Gasteiger partial charge in [0.2, 0.25) is 0 Å². The van der Waals surface area contributed by atoms with E-state index in [2.05, 4.69) is 12.0 Å². The van der Waals surface area contributed by atoms with E-state index in [1.165, 1.54) is 6.20 Å². The van der Waals surface area contributed by atoms with Gasteiger partial charge < -0.3 is 14.8 Å². The maximum absolute atomic E-state index is 8.91. The minimum Gasteiger partial charge on any atom is -0.423 e. The second-order valence-electron chi connectivity index (χ2n) is 4.02. The fourth-order valence-corrected chi connectivity index (χ4v) is 1.84. The van der Waals surface area contributed by atoms with Gasteiger partial charge in [0.1, 0.15) is 0 Å². The Morgan fingerprint density at radius 3 is 2.93 bits per heavy atom. The normalized spacial score (nSPS) is 25.8. The van der Waals surface area contributed by atoms with Crippen molar-refractivity contribution in [3.05, 3.63) is 12.4 Å². The van der Waals surface area contributed by atoms with Gasteiger partial charge in [0, 0.05) is 17.9 Å². The van der Waals surface area contributed by atoms with Crippen molar-refractivity contribution in [3.63, 3.8) is 0 Å². The monoisotopic (exact) mass is 210 g/mol. The zero-order chi connectivity index (χ0) is 10.8. The molecule has 0 bridgehead atoms. The van der Waals surface area contributed by atoms with Crippen LogP contribution >= 0.6 is 0 Å². The lowest BCUT2D eigenvalue weighted by Gasteiger charge is -2.10. The average Bonchev–Trinajstić information content (AvgIpc) is 2.76. The van der Waals surface area contributed by atoms with Crippen LogP contribution in [0.2, 0.25) is 0 Å². The van der Waals surface area contributed by atoms with Crippen LogP contribution in [-0.4, -0.2) is 39.2 Å². The first-order valence-corrected chi connectivity index (χ1v) is 5.19. The van der Waals surface area contributed by atoms with E-state index >= 15 is 0 Å². The van der Waals surface area contributed by atoms with Gasteiger partial charge in [-0.25, -0.2) is 0 Å². The molecule has 0 amide bonds. The zero-order valence-corrected chi connectivity index (χ0v) is 8.71. The summed E-state index contributed by atoms with van der Waals surface area (Å²) in [4.78, 5) is 0. The first-order chi connectivity index (χ1) is 7.15. The average molecular weight is 210 g/mol. The van der Waals surface area contributed by atoms with Gasteiger partial charge in [-0.05, 0) is 19.8 Å². The molecule has 1 fully saturated rings. The number of hydrogen-bond donors (Lipinski definition) is 2. The van der Waals surface area contributed by atoms with E-state index < -0.39 is 7.12 Å². The van der Waals surface area contributed by atoms with Crippen molar-refractivity contribution in [1.82, 2.24) is 9.78 Å². The number of rotatable bonds is 3. The highest BCUT2D eigenvalue weighted by molar-refractivity contribution is 6.58. The lowest BCUT2D eigenvalue weighted by Crippen LogP contribution is -2.28. The topological polar surface area (TPSA) is 67.5 Å². The van der Waals surface area contributed by atoms with Gasteiger partial charge in [-0.1, -0.05) is 0 Å². The third-order valence-electron chi connectivity index (χ3n) is 2.66. The molecule has 2 rings (SSSR count). The van der Waals surface area contributed by atoms with E-state index in [0.29, 0.717) is 18.1 Å². The third-order valence-corrected chi connectivity index (χ3v) is 2.66. The minimum absolute atomic E-state index is 0.198. The van der Waals surface area contributed by atoms with Crippen LogP contribution in [0, 0.1) is 0 Å². The molecule has 0 aromatic carbocycles. The first-order valence-electron chi connectivity index (χ1n) is 5.19. The van der Waals surface area contributed by atoms with E-state index in [4.69, 9.17) is 14.8 Å². The lowest BCUT2D eigenvalue weighted by atomic mass is 9.83. The molecule has 82 valence electrons. The van der Waals surface area contributed by atoms with Gasteiger partial charge in [0.15, 0.2) is 0 Å². The summed E-state index contributed by atoms with van der Waals surface area (Å²) in [5, 5.41) is 21.9. The highest BCUT2D eigenvalue weighted by Crippen LogP contribution is 2.19. The van der Waals surface area contributed by atoms with Crippen LogP contribution in [0.3, 0.4) is 0 Å². The largest absolute Gasteiger partial charge is 0.491 e. The van der Waals surface area contributed by atoms with E-state index in [1.807, 2.05) is 0 Å². The molecule has 0 saturated carbocycles. The molecular formula is C9H15BN2O3. The standard InChI is InChI=1S/C9H15BN2O3/c1-7-2-3-9(15-7)6-12-5-8(4-11-12)10(13)14/h4-5,7,9,13-14H,2-3,6H2,1H3. The molecule has 1 aromatic heterocycles. The Hall–Kier alpha value is -0.845. The van der Waals surface area contributed by atoms with Gasteiger partial charge in [0.05, 0.1) is 18.8 Å². The molecule has 6 heteroatoms. The van der Waals surface area contributed by atoms with Crippen molar-refractivity contribution in [2.45, 2.75) is 38.5 Å². The molecule has 2 atom stereocenters. The molecule has 0 radical (unpaired) electrons. The van der Waals surface area contributed by atoms with Crippen LogP contribution < -0.4 is 5.46 Å². The molecule has 0 spiro atoms. The molecule has 2 unspecified atom stereocenters. The Kier molecular flexibility index (Phi) is 3.09. The molecular weight excluding hydrogens is 195 g/mol. The van der Waals surface area contributed by atoms with Crippen molar-refractivity contribution in [2.75, 3.05) is 0 Å². The highest BCUT2D eigenvalue weighted by Gasteiger charge is 2.22. The van der Waals surface area contributed by atoms with Crippen molar-refractivity contribution in [1.29, 1.82) is 0 Å². The zero-order valence-electron chi connectivity index (χ0n) is 8.71. The Morgan fingerprint density at radius 1 is 1.60 bits per heavy atom. The molecule has 1 aromatic rings. The van der Waals surface area contributed by atoms with Crippen molar-refractivity contribution in [2.24, 2.45) is 0 Å². The van der Waals surface area contributed by atoms with Gasteiger partial charge in [-0.2, -0.15) is 5.10 Å². The number of hydrogen-bond acceptors (Lipinski definition) is 4. The molecule has 1 aliphatic rings. The molecule has 2 N–H and O–H groups in total. The van der Waals surface area contributed by atoms with E-state index in [0.717, 1.165) is 12.8 Å². The SMILES string of the molecule is CC1CCC(Cn2cc(B(O)O)cn2)O1. The summed E-state index contributed by atoms with van der Waals surface area (Å²) in [6, 6.07) is 0. The van der Waals surface area contributed by atoms with Crippen LogP contribution in [0.15, 0.2) is 12.4 Å². The molecule has 5 nitrogen and oxygen atoms in total. The van der Waals surface area contributed by atoms with Crippen LogP contribution in [-0.2, 0) is 11.3 Å². The predicted octanol–water partition coefficient (Wildman–Crippen LogP) is -0.870. The molecule has 1 saturated heterocycles. The molecule has 1 aliphatic heterocycles. The third kappa shape index (κ3) is 2.59. The van der Waals surface area contributed by atoms with E-state index in [-0.39, 0.29) is 6.10 Å². The Morgan fingerprint density at radius 2 is 2.40 bits per heavy atom. The van der Waals surface area contributed by atoms with Crippen LogP contribution in [0.5, 0.6) is 0 Å². The summed E-state index contributed by atoms with van der Waals surface area (Å²) < 4.78 is 7.34. The lowest BCUT2D eigenvalue weighted by molar-refractivity contribution is 0.0437. The predicted molar refractivity (Wildman–Crippen MR) is 55.6 cm³/mol. The van der Waals surface area contributed by atoms with E-state index in [9.17, 15) is 0 Å². The highest BCUT2D eigenvalue weighted by atomic mass is 16.5. The fraction of sp³-hybridized carbons (Fsp3) is 0.667. The number of aromatic nitrogens is 2. The first kappa shape index (κ1) is 10.7. The van der Waals surface area contributed by atoms with Gasteiger partial charge >= 0.3 is 7.12 Å². The maximum Gasteiger partial charge on any atom is 0.491 e. The molecule has 2 heterocycles. The maximum atomic E-state index is 8.91. The second-order valence-corrected chi connectivity index (χ2v) is 4.02. The van der Waals surface area contributed by atoms with E-state index in [1.54, 1.807) is 10.9 Å². The smallest absolute Gasteiger partial charge is 0.423 e. The number of ether oxygens (including phenoxy) is 1. The van der Waals surface area contributed by atoms with Crippen molar-refractivity contribution in [3.8, 4) is 0 Å². The Labute approximate surface area is 88.8 Å². The minimum atomic E-state index is -1.44. The summed E-state index contributed by atoms with van der Waals surface area (Å²) in [6.45, 7) is 2.74. The van der Waals surface area contributed by atoms with Crippen molar-refractivity contribution >= 4 is 12.6 Å². The summed E-state index contributed by atoms with van der Waals surface area (Å²) in [6.07, 6.45) is 5.75. The Bertz CT molecular complexity index is 329. The summed E-state index contributed by atoms with van der Waals surface area (Å²) in [7, 11) is -1.44. The molecule has 0 aliphatic carbocycles. The summed E-state index contributed by atoms with van der Waals surface area (Å²) in [5.41, 5.74) is 0.418. The van der Waals surface area contributed by atoms with Crippen LogP contribution in [0.25, 0.3) is 0 Å². The fourth-order valence-electron chi connectivity index (χ4n) is 1.84. The Balaban J connectivity index is 1.93. The van der Waals surface area contributed by atoms with Gasteiger partial charge in [-0.3, -0.25) is 4.68 Å². The van der Waals surface area contributed by atoms with Crippen molar-refractivity contribution < 1.29 is 14.8 Å². The van der Waals surface area contributed by atoms with Crippen LogP contribution in [0.1, 0.15) is 19.8 Å². The number of nitrogens with zero attached hydrogens (tertiary/aromatic N) is 2. The van der Waals surface area contributed by atoms with Gasteiger partial charge in [0.25, 0.3) is 0 Å². The quantitative estimate of drug-likeness (QED) is 0.636. The summed E-state index contributed by atoms with van der Waals surface area (Å²) >= 11 is 0. The second kappa shape index (κ2) is 4.34.